The Bertz CT molecular complexity index is 3110. The number of ether oxygens (including phenoxy) is 3. The number of aromatic nitrogens is 1. The predicted octanol–water partition coefficient (Wildman–Crippen LogP) is 5.50. The quantitative estimate of drug-likeness (QED) is 0.0485. The summed E-state index contributed by atoms with van der Waals surface area (Å²) in [4.78, 5) is 100. The van der Waals surface area contributed by atoms with E-state index in [1.54, 1.807) is 79.0 Å². The SMILES string of the molecule is O=C1CCC(N2C(=O)c3cccc(NCCOCCOCCOCCNC(=O)C(NC(=O)C(c4cccnc4)N(C(=O)c4ccco4)c4ccc5c(c4)oc4ccccc45)c4ccccc4)c3C2=O)C(=O)N1. The van der Waals surface area contributed by atoms with Crippen molar-refractivity contribution in [3.63, 3.8) is 0 Å². The van der Waals surface area contributed by atoms with Gasteiger partial charge < -0.3 is 39.0 Å². The number of nitrogens with one attached hydrogen (secondary N) is 4. The minimum absolute atomic E-state index is 0.0151. The van der Waals surface area contributed by atoms with Crippen LogP contribution in [-0.2, 0) is 33.4 Å². The van der Waals surface area contributed by atoms with E-state index in [0.29, 0.717) is 40.2 Å². The number of nitrogens with zero attached hydrogens (tertiary/aromatic N) is 3. The molecular formula is C53H49N7O12. The van der Waals surface area contributed by atoms with Crippen molar-refractivity contribution in [2.75, 3.05) is 62.9 Å². The Morgan fingerprint density at radius 2 is 1.47 bits per heavy atom. The van der Waals surface area contributed by atoms with Crippen LogP contribution in [0.2, 0.25) is 0 Å². The first-order valence-electron chi connectivity index (χ1n) is 23.3. The summed E-state index contributed by atoms with van der Waals surface area (Å²) in [5, 5.41) is 12.8. The summed E-state index contributed by atoms with van der Waals surface area (Å²) < 4.78 is 28.7. The van der Waals surface area contributed by atoms with E-state index in [4.69, 9.17) is 23.0 Å². The zero-order chi connectivity index (χ0) is 50.0. The fourth-order valence-electron chi connectivity index (χ4n) is 8.70. The van der Waals surface area contributed by atoms with Crippen molar-refractivity contribution in [1.29, 1.82) is 0 Å². The van der Waals surface area contributed by atoms with Crippen LogP contribution in [0.15, 0.2) is 143 Å². The summed E-state index contributed by atoms with van der Waals surface area (Å²) >= 11 is 0. The van der Waals surface area contributed by atoms with Gasteiger partial charge in [0.05, 0.1) is 57.0 Å². The number of rotatable bonds is 22. The molecule has 2 aliphatic heterocycles. The first kappa shape index (κ1) is 48.5. The van der Waals surface area contributed by atoms with E-state index in [1.165, 1.54) is 29.5 Å². The number of hydrogen-bond donors (Lipinski definition) is 4. The van der Waals surface area contributed by atoms with Crippen LogP contribution in [0.25, 0.3) is 21.9 Å². The summed E-state index contributed by atoms with van der Waals surface area (Å²) in [6, 6.07) is 29.3. The molecule has 0 aliphatic carbocycles. The maximum absolute atomic E-state index is 14.8. The van der Waals surface area contributed by atoms with Gasteiger partial charge in [0.1, 0.15) is 29.3 Å². The predicted molar refractivity (Wildman–Crippen MR) is 261 cm³/mol. The maximum atomic E-state index is 14.8. The zero-order valence-electron chi connectivity index (χ0n) is 38.7. The van der Waals surface area contributed by atoms with Crippen LogP contribution in [0.1, 0.15) is 67.3 Å². The van der Waals surface area contributed by atoms with Crippen molar-refractivity contribution >= 4 is 74.7 Å². The number of benzene rings is 4. The van der Waals surface area contributed by atoms with Crippen molar-refractivity contribution in [2.45, 2.75) is 31.0 Å². The lowest BCUT2D eigenvalue weighted by molar-refractivity contribution is -0.136. The van der Waals surface area contributed by atoms with Gasteiger partial charge in [0.15, 0.2) is 5.76 Å². The highest BCUT2D eigenvalue weighted by Gasteiger charge is 2.45. The van der Waals surface area contributed by atoms with E-state index in [0.717, 1.165) is 15.7 Å². The van der Waals surface area contributed by atoms with Gasteiger partial charge in [-0.25, -0.2) is 0 Å². The topological polar surface area (TPSA) is 241 Å². The van der Waals surface area contributed by atoms with E-state index < -0.39 is 59.5 Å². The van der Waals surface area contributed by atoms with Gasteiger partial charge in [-0.2, -0.15) is 0 Å². The van der Waals surface area contributed by atoms with Gasteiger partial charge in [-0.05, 0) is 60.5 Å². The van der Waals surface area contributed by atoms with Crippen molar-refractivity contribution in [2.24, 2.45) is 0 Å². The molecule has 368 valence electrons. The minimum Gasteiger partial charge on any atom is -0.459 e. The standard InChI is InChI=1S/C53H49N7O12/c61-44-20-19-40(48(62)57-44)60-51(65)38-13-6-14-39(45(38)53(60)67)55-22-25-68-27-29-70-30-28-69-26-23-56-49(63)46(33-9-2-1-3-10-33)58-50(64)47(34-11-7-21-54-32-34)59(52(66)42-16-8-24-71-42)35-17-18-37-36-12-4-5-15-41(36)72-43(37)31-35/h1-18,21,24,31-32,40,46-47,55H,19-20,22-23,25-30H2,(H,56,63)(H,58,64)(H,57,61,62). The lowest BCUT2D eigenvalue weighted by Gasteiger charge is -2.32. The van der Waals surface area contributed by atoms with Crippen LogP contribution in [0.3, 0.4) is 0 Å². The molecular weight excluding hydrogens is 927 g/mol. The number of hydrogen-bond acceptors (Lipinski definition) is 14. The third-order valence-corrected chi connectivity index (χ3v) is 12.1. The molecule has 4 N–H and O–H groups in total. The van der Waals surface area contributed by atoms with E-state index in [2.05, 4.69) is 26.3 Å². The van der Waals surface area contributed by atoms with Crippen LogP contribution >= 0.6 is 0 Å². The Kier molecular flexibility index (Phi) is 15.1. The van der Waals surface area contributed by atoms with Gasteiger partial charge in [-0.15, -0.1) is 0 Å². The van der Waals surface area contributed by atoms with Crippen LogP contribution in [0, 0.1) is 0 Å². The molecule has 2 aliphatic rings. The number of imide groups is 2. The number of anilines is 2. The van der Waals surface area contributed by atoms with E-state index >= 15 is 0 Å². The van der Waals surface area contributed by atoms with Crippen molar-refractivity contribution in [3.8, 4) is 0 Å². The highest BCUT2D eigenvalue weighted by Crippen LogP contribution is 2.37. The molecule has 7 aromatic rings. The second-order valence-corrected chi connectivity index (χ2v) is 16.7. The molecule has 5 heterocycles. The number of para-hydroxylation sites is 1. The number of piperidine rings is 1. The highest BCUT2D eigenvalue weighted by atomic mass is 16.5. The molecule has 1 fully saturated rings. The van der Waals surface area contributed by atoms with Crippen molar-refractivity contribution in [3.05, 3.63) is 162 Å². The van der Waals surface area contributed by atoms with E-state index in [1.807, 2.05) is 30.3 Å². The van der Waals surface area contributed by atoms with Gasteiger partial charge in [-0.3, -0.25) is 53.7 Å². The molecule has 9 rings (SSSR count). The normalized spacial score (nSPS) is 15.3. The van der Waals surface area contributed by atoms with Gasteiger partial charge in [0.25, 0.3) is 17.7 Å². The van der Waals surface area contributed by atoms with Crippen LogP contribution in [0.4, 0.5) is 11.4 Å². The first-order chi connectivity index (χ1) is 35.2. The number of pyridine rings is 1. The molecule has 0 saturated carbocycles. The van der Waals surface area contributed by atoms with E-state index in [9.17, 15) is 33.6 Å². The molecule has 0 spiro atoms. The number of amides is 7. The number of furan rings is 2. The summed E-state index contributed by atoms with van der Waals surface area (Å²) in [7, 11) is 0. The summed E-state index contributed by atoms with van der Waals surface area (Å²) in [5.41, 5.74) is 3.15. The largest absolute Gasteiger partial charge is 0.459 e. The maximum Gasteiger partial charge on any atom is 0.294 e. The molecule has 19 heteroatoms. The van der Waals surface area contributed by atoms with E-state index in [-0.39, 0.29) is 75.9 Å². The van der Waals surface area contributed by atoms with Gasteiger partial charge >= 0.3 is 0 Å². The van der Waals surface area contributed by atoms with Crippen molar-refractivity contribution < 1.29 is 56.6 Å². The summed E-state index contributed by atoms with van der Waals surface area (Å²) in [5.74, 6) is -4.10. The number of fused-ring (bicyclic) bond motifs is 4. The molecule has 3 atom stereocenters. The van der Waals surface area contributed by atoms with Crippen LogP contribution in [-0.4, -0.2) is 110 Å². The lowest BCUT2D eigenvalue weighted by atomic mass is 10.0. The zero-order valence-corrected chi connectivity index (χ0v) is 38.7. The molecule has 1 saturated heterocycles. The molecule has 19 nitrogen and oxygen atoms in total. The fourth-order valence-corrected chi connectivity index (χ4v) is 8.70. The third-order valence-electron chi connectivity index (χ3n) is 12.1. The third kappa shape index (κ3) is 10.6. The average Bonchev–Trinajstić information content (AvgIpc) is 4.14. The molecule has 7 amide bonds. The minimum atomic E-state index is -1.33. The Morgan fingerprint density at radius 3 is 2.22 bits per heavy atom. The van der Waals surface area contributed by atoms with Crippen molar-refractivity contribution in [1.82, 2.24) is 25.8 Å². The van der Waals surface area contributed by atoms with Gasteiger partial charge in [0.2, 0.25) is 23.6 Å². The fraction of sp³-hybridized carbons (Fsp3) is 0.245. The summed E-state index contributed by atoms with van der Waals surface area (Å²) in [6.07, 6.45) is 4.52. The Balaban J connectivity index is 0.756. The Morgan fingerprint density at radius 1 is 0.736 bits per heavy atom. The molecule has 3 unspecified atom stereocenters. The monoisotopic (exact) mass is 975 g/mol. The first-order valence-corrected chi connectivity index (χ1v) is 23.3. The molecule has 0 radical (unpaired) electrons. The van der Waals surface area contributed by atoms with Crippen LogP contribution < -0.4 is 26.2 Å². The smallest absolute Gasteiger partial charge is 0.294 e. The molecule has 72 heavy (non-hydrogen) atoms. The molecule has 0 bridgehead atoms. The van der Waals surface area contributed by atoms with Gasteiger partial charge in [-0.1, -0.05) is 60.7 Å². The number of carbonyl (C=O) groups excluding carboxylic acids is 7. The molecule has 3 aromatic heterocycles. The second-order valence-electron chi connectivity index (χ2n) is 16.7. The Labute approximate surface area is 411 Å². The summed E-state index contributed by atoms with van der Waals surface area (Å²) in [6.45, 7) is 1.85. The average molecular weight is 976 g/mol. The highest BCUT2D eigenvalue weighted by molar-refractivity contribution is 6.25. The molecule has 4 aromatic carbocycles. The second kappa shape index (κ2) is 22.5. The number of carbonyl (C=O) groups is 7. The van der Waals surface area contributed by atoms with Crippen LogP contribution in [0.5, 0.6) is 0 Å². The van der Waals surface area contributed by atoms with Gasteiger partial charge in [0, 0.05) is 65.7 Å². The lowest BCUT2D eigenvalue weighted by Crippen LogP contribution is -2.54. The Hall–Kier alpha value is -8.52.